The highest BCUT2D eigenvalue weighted by atomic mass is 32.2. The third-order valence-corrected chi connectivity index (χ3v) is 4.19. The van der Waals surface area contributed by atoms with Crippen LogP contribution in [-0.2, 0) is 10.0 Å². The zero-order valence-corrected chi connectivity index (χ0v) is 12.3. The Hall–Kier alpha value is -2.55. The smallest absolute Gasteiger partial charge is 0.318 e. The molecule has 2 aromatic rings. The fourth-order valence-electron chi connectivity index (χ4n) is 1.64. The van der Waals surface area contributed by atoms with Gasteiger partial charge in [-0.25, -0.2) is 13.2 Å². The summed E-state index contributed by atoms with van der Waals surface area (Å²) in [6.45, 7) is 1.62. The molecule has 2 rings (SSSR count). The summed E-state index contributed by atoms with van der Waals surface area (Å²) in [5.41, 5.74) is 1.40. The van der Waals surface area contributed by atoms with Gasteiger partial charge in [-0.15, -0.1) is 0 Å². The van der Waals surface area contributed by atoms with Gasteiger partial charge in [-0.05, 0) is 31.2 Å². The molecule has 0 aliphatic carbocycles. The molecule has 0 radical (unpaired) electrons. The van der Waals surface area contributed by atoms with Crippen molar-refractivity contribution in [2.45, 2.75) is 11.8 Å². The maximum Gasteiger partial charge on any atom is 0.318 e. The van der Waals surface area contributed by atoms with Gasteiger partial charge in [0.2, 0.25) is 0 Å². The predicted molar refractivity (Wildman–Crippen MR) is 78.7 cm³/mol. The molecule has 0 fully saturated rings. The second-order valence-corrected chi connectivity index (χ2v) is 5.90. The van der Waals surface area contributed by atoms with Crippen LogP contribution in [0.5, 0.6) is 0 Å². The van der Waals surface area contributed by atoms with Crippen LogP contribution in [0.2, 0.25) is 0 Å². The monoisotopic (exact) mass is 309 g/mol. The molecule has 0 aliphatic rings. The van der Waals surface area contributed by atoms with Crippen molar-refractivity contribution in [1.29, 1.82) is 0 Å². The van der Waals surface area contributed by atoms with Crippen molar-refractivity contribution in [1.82, 2.24) is 15.5 Å². The van der Waals surface area contributed by atoms with Gasteiger partial charge >= 0.3 is 6.03 Å². The van der Waals surface area contributed by atoms with Gasteiger partial charge in [0.1, 0.15) is 4.90 Å². The summed E-state index contributed by atoms with van der Waals surface area (Å²) in [4.78, 5) is 11.2. The van der Waals surface area contributed by atoms with Gasteiger partial charge < -0.3 is 10.6 Å². The highest BCUT2D eigenvalue weighted by Gasteiger charge is 2.18. The Morgan fingerprint density at radius 3 is 2.33 bits per heavy atom. The number of nitrogens with one attached hydrogen (secondary N) is 4. The van der Waals surface area contributed by atoms with Gasteiger partial charge in [-0.3, -0.25) is 9.82 Å². The van der Waals surface area contributed by atoms with E-state index in [1.165, 1.54) is 13.2 Å². The average Bonchev–Trinajstić information content (AvgIpc) is 2.87. The predicted octanol–water partition coefficient (Wildman–Crippen LogP) is 1.27. The topological polar surface area (TPSA) is 116 Å². The van der Waals surface area contributed by atoms with Gasteiger partial charge in [0.15, 0.2) is 0 Å². The number of aromatic nitrogens is 2. The molecule has 0 saturated heterocycles. The number of hydrogen-bond acceptors (Lipinski definition) is 4. The number of aromatic amines is 1. The molecule has 0 bridgehead atoms. The first-order valence-corrected chi connectivity index (χ1v) is 7.52. The molecule has 8 nitrogen and oxygen atoms in total. The van der Waals surface area contributed by atoms with Crippen LogP contribution in [0.3, 0.4) is 0 Å². The summed E-state index contributed by atoms with van der Waals surface area (Å²) < 4.78 is 26.7. The van der Waals surface area contributed by atoms with Gasteiger partial charge in [0.25, 0.3) is 10.0 Å². The summed E-state index contributed by atoms with van der Waals surface area (Å²) in [5, 5.41) is 11.3. The fraction of sp³-hybridized carbons (Fsp3) is 0.167. The van der Waals surface area contributed by atoms with E-state index in [-0.39, 0.29) is 10.9 Å². The molecule has 4 N–H and O–H groups in total. The van der Waals surface area contributed by atoms with Crippen molar-refractivity contribution in [2.24, 2.45) is 0 Å². The number of urea groups is 1. The van der Waals surface area contributed by atoms with E-state index >= 15 is 0 Å². The Balaban J connectivity index is 2.14. The van der Waals surface area contributed by atoms with Crippen LogP contribution in [-0.4, -0.2) is 31.7 Å². The number of nitrogens with zero attached hydrogens (tertiary/aromatic N) is 1. The minimum atomic E-state index is -3.68. The number of anilines is 2. The van der Waals surface area contributed by atoms with E-state index in [4.69, 9.17) is 0 Å². The van der Waals surface area contributed by atoms with Crippen LogP contribution < -0.4 is 15.4 Å². The van der Waals surface area contributed by atoms with Gasteiger partial charge in [-0.2, -0.15) is 5.10 Å². The molecule has 0 unspecified atom stereocenters. The van der Waals surface area contributed by atoms with Crippen molar-refractivity contribution in [2.75, 3.05) is 17.1 Å². The van der Waals surface area contributed by atoms with Crippen molar-refractivity contribution in [3.8, 4) is 0 Å². The van der Waals surface area contributed by atoms with Crippen LogP contribution in [0.25, 0.3) is 0 Å². The molecule has 0 atom stereocenters. The average molecular weight is 309 g/mol. The second-order valence-electron chi connectivity index (χ2n) is 4.25. The Kier molecular flexibility index (Phi) is 4.13. The maximum absolute atomic E-state index is 12.1. The zero-order chi connectivity index (χ0) is 15.5. The van der Waals surface area contributed by atoms with Gasteiger partial charge in [-0.1, -0.05) is 0 Å². The molecular weight excluding hydrogens is 294 g/mol. The van der Waals surface area contributed by atoms with Crippen molar-refractivity contribution < 1.29 is 13.2 Å². The largest absolute Gasteiger partial charge is 0.341 e. The van der Waals surface area contributed by atoms with E-state index in [0.717, 1.165) is 0 Å². The number of sulfonamides is 1. The lowest BCUT2D eigenvalue weighted by atomic mass is 10.3. The Morgan fingerprint density at radius 2 is 1.81 bits per heavy atom. The lowest BCUT2D eigenvalue weighted by Crippen LogP contribution is -2.24. The number of H-pyrrole nitrogens is 1. The first kappa shape index (κ1) is 14.9. The molecule has 0 saturated carbocycles. The number of benzene rings is 1. The normalized spacial score (nSPS) is 11.0. The third kappa shape index (κ3) is 3.51. The van der Waals surface area contributed by atoms with E-state index in [2.05, 4.69) is 25.6 Å². The van der Waals surface area contributed by atoms with E-state index in [0.29, 0.717) is 17.1 Å². The molecule has 1 heterocycles. The molecular formula is C12H15N5O3S. The SMILES string of the molecule is CNC(=O)Nc1ccc(NS(=O)(=O)c2cn[nH]c2C)cc1. The zero-order valence-electron chi connectivity index (χ0n) is 11.5. The van der Waals surface area contributed by atoms with E-state index in [1.807, 2.05) is 0 Å². The molecule has 21 heavy (non-hydrogen) atoms. The Labute approximate surface area is 122 Å². The van der Waals surface area contributed by atoms with Crippen LogP contribution in [0.1, 0.15) is 5.69 Å². The van der Waals surface area contributed by atoms with Crippen molar-refractivity contribution in [3.05, 3.63) is 36.2 Å². The molecule has 0 aliphatic heterocycles. The highest BCUT2D eigenvalue weighted by Crippen LogP contribution is 2.19. The molecule has 1 aromatic heterocycles. The van der Waals surface area contributed by atoms with Crippen molar-refractivity contribution >= 4 is 27.4 Å². The number of hydrogen-bond donors (Lipinski definition) is 4. The molecule has 2 amide bonds. The molecule has 112 valence electrons. The van der Waals surface area contributed by atoms with Crippen molar-refractivity contribution in [3.63, 3.8) is 0 Å². The first-order chi connectivity index (χ1) is 9.92. The van der Waals surface area contributed by atoms with Gasteiger partial charge in [0, 0.05) is 18.4 Å². The molecule has 0 spiro atoms. The summed E-state index contributed by atoms with van der Waals surface area (Å²) in [5.74, 6) is 0. The van der Waals surface area contributed by atoms with Crippen LogP contribution in [0, 0.1) is 6.92 Å². The minimum absolute atomic E-state index is 0.0927. The summed E-state index contributed by atoms with van der Waals surface area (Å²) in [6.07, 6.45) is 1.25. The Morgan fingerprint density at radius 1 is 1.19 bits per heavy atom. The van der Waals surface area contributed by atoms with Gasteiger partial charge in [0.05, 0.1) is 11.9 Å². The number of carbonyl (C=O) groups is 1. The number of aryl methyl sites for hydroxylation is 1. The number of carbonyl (C=O) groups excluding carboxylic acids is 1. The van der Waals surface area contributed by atoms with E-state index < -0.39 is 10.0 Å². The third-order valence-electron chi connectivity index (χ3n) is 2.70. The van der Waals surface area contributed by atoms with Crippen LogP contribution in [0.4, 0.5) is 16.2 Å². The van der Waals surface area contributed by atoms with Crippen LogP contribution in [0.15, 0.2) is 35.4 Å². The minimum Gasteiger partial charge on any atom is -0.341 e. The van der Waals surface area contributed by atoms with Crippen LogP contribution >= 0.6 is 0 Å². The second kappa shape index (κ2) is 5.83. The first-order valence-electron chi connectivity index (χ1n) is 6.04. The molecule has 9 heteroatoms. The quantitative estimate of drug-likeness (QED) is 0.680. The lowest BCUT2D eigenvalue weighted by Gasteiger charge is -2.08. The lowest BCUT2D eigenvalue weighted by molar-refractivity contribution is 0.254. The summed E-state index contributed by atoms with van der Waals surface area (Å²) in [6, 6.07) is 5.94. The number of amides is 2. The maximum atomic E-state index is 12.1. The Bertz CT molecular complexity index is 737. The van der Waals surface area contributed by atoms with E-state index in [1.54, 1.807) is 31.2 Å². The summed E-state index contributed by atoms with van der Waals surface area (Å²) in [7, 11) is -2.18. The van der Waals surface area contributed by atoms with E-state index in [9.17, 15) is 13.2 Å². The highest BCUT2D eigenvalue weighted by molar-refractivity contribution is 7.92. The number of rotatable bonds is 4. The molecule has 1 aromatic carbocycles. The summed E-state index contributed by atoms with van der Waals surface area (Å²) >= 11 is 0. The standard InChI is InChI=1S/C12H15N5O3S/c1-8-11(7-14-16-8)21(19,20)17-10-5-3-9(4-6-10)15-12(18)13-2/h3-7,17H,1-2H3,(H,14,16)(H2,13,15,18). The fourth-order valence-corrected chi connectivity index (χ4v) is 2.83.